The first-order valence-electron chi connectivity index (χ1n) is 11.4. The second-order valence-corrected chi connectivity index (χ2v) is 8.70. The summed E-state index contributed by atoms with van der Waals surface area (Å²) in [5.41, 5.74) is -1.62. The van der Waals surface area contributed by atoms with Gasteiger partial charge in [-0.25, -0.2) is 13.6 Å². The molecule has 5 rings (SSSR count). The molecule has 0 radical (unpaired) electrons. The van der Waals surface area contributed by atoms with Gasteiger partial charge in [0, 0.05) is 37.5 Å². The minimum absolute atomic E-state index is 0.0359. The van der Waals surface area contributed by atoms with Gasteiger partial charge in [0.15, 0.2) is 17.4 Å². The van der Waals surface area contributed by atoms with Gasteiger partial charge in [-0.15, -0.1) is 0 Å². The molecule has 1 aromatic carbocycles. The van der Waals surface area contributed by atoms with E-state index in [1.165, 1.54) is 0 Å². The molecule has 12 heteroatoms. The maximum atomic E-state index is 14.6. The van der Waals surface area contributed by atoms with Crippen LogP contribution in [0.2, 0.25) is 0 Å². The maximum absolute atomic E-state index is 14.6. The molecule has 0 amide bonds. The number of pyridine rings is 1. The van der Waals surface area contributed by atoms with E-state index in [2.05, 4.69) is 14.9 Å². The van der Waals surface area contributed by atoms with Crippen molar-refractivity contribution in [1.29, 1.82) is 0 Å². The number of ether oxygens (including phenoxy) is 2. The quantitative estimate of drug-likeness (QED) is 0.449. The number of hydrogen-bond donors (Lipinski definition) is 0. The molecule has 1 fully saturated rings. The average molecular weight is 508 g/mol. The highest BCUT2D eigenvalue weighted by Gasteiger charge is 2.33. The number of halogens is 5. The lowest BCUT2D eigenvalue weighted by molar-refractivity contribution is -0.141. The number of fused-ring (bicyclic) bond motifs is 3. The van der Waals surface area contributed by atoms with Gasteiger partial charge in [0.05, 0.1) is 0 Å². The minimum Gasteiger partial charge on any atom is -0.473 e. The Kier molecular flexibility index (Phi) is 6.27. The van der Waals surface area contributed by atoms with E-state index in [1.807, 2.05) is 0 Å². The number of anilines is 1. The molecule has 0 unspecified atom stereocenters. The van der Waals surface area contributed by atoms with Crippen molar-refractivity contribution in [2.24, 2.45) is 0 Å². The van der Waals surface area contributed by atoms with E-state index < -0.39 is 40.7 Å². The lowest BCUT2D eigenvalue weighted by Crippen LogP contribution is -2.31. The van der Waals surface area contributed by atoms with Crippen LogP contribution in [0.3, 0.4) is 0 Å². The molecular formula is C24H21F5N4O3. The zero-order valence-electron chi connectivity index (χ0n) is 18.9. The molecule has 0 saturated carbocycles. The Hall–Kier alpha value is -3.70. The molecule has 1 saturated heterocycles. The van der Waals surface area contributed by atoms with E-state index in [9.17, 15) is 26.7 Å². The Balaban J connectivity index is 1.31. The van der Waals surface area contributed by atoms with Crippen molar-refractivity contribution in [3.63, 3.8) is 0 Å². The summed E-state index contributed by atoms with van der Waals surface area (Å²) in [6, 6.07) is 5.37. The lowest BCUT2D eigenvalue weighted by atomic mass is 10.1. The van der Waals surface area contributed by atoms with Crippen molar-refractivity contribution in [2.45, 2.75) is 51.1 Å². The fourth-order valence-electron chi connectivity index (χ4n) is 4.53. The number of benzene rings is 1. The van der Waals surface area contributed by atoms with Crippen molar-refractivity contribution in [1.82, 2.24) is 14.5 Å². The first-order chi connectivity index (χ1) is 17.2. The van der Waals surface area contributed by atoms with Gasteiger partial charge < -0.3 is 14.4 Å². The van der Waals surface area contributed by atoms with Crippen LogP contribution in [-0.4, -0.2) is 27.1 Å². The van der Waals surface area contributed by atoms with Crippen molar-refractivity contribution >= 4 is 5.82 Å². The van der Waals surface area contributed by atoms with Crippen LogP contribution in [-0.2, 0) is 19.3 Å². The Morgan fingerprint density at radius 1 is 1.06 bits per heavy atom. The number of alkyl halides is 3. The van der Waals surface area contributed by atoms with Crippen LogP contribution in [0.15, 0.2) is 41.3 Å². The standard InChI is InChI=1S/C24H21F5N4O3/c25-17-8-14(9-18(26)22(17)36-16-5-6-30-19(10-16)24(27,28)29)13-35-20-11-21-32-7-3-1-2-4-15(32)12-33(21)23(34)31-20/h5-6,8-11,15H,1-4,7,12-13H2/t15-/m1/s1. The molecule has 0 N–H and O–H groups in total. The van der Waals surface area contributed by atoms with Crippen molar-refractivity contribution in [2.75, 3.05) is 11.4 Å². The van der Waals surface area contributed by atoms with Crippen LogP contribution in [0.4, 0.5) is 27.8 Å². The van der Waals surface area contributed by atoms with Crippen LogP contribution in [0.25, 0.3) is 0 Å². The summed E-state index contributed by atoms with van der Waals surface area (Å²) in [5.74, 6) is -2.79. The van der Waals surface area contributed by atoms with E-state index >= 15 is 0 Å². The Morgan fingerprint density at radius 3 is 2.58 bits per heavy atom. The van der Waals surface area contributed by atoms with Gasteiger partial charge >= 0.3 is 11.9 Å². The number of aromatic nitrogens is 3. The molecule has 0 spiro atoms. The topological polar surface area (TPSA) is 69.5 Å². The molecule has 2 aromatic heterocycles. The second-order valence-electron chi connectivity index (χ2n) is 8.70. The number of hydrogen-bond acceptors (Lipinski definition) is 6. The molecule has 4 heterocycles. The third-order valence-corrected chi connectivity index (χ3v) is 6.22. The van der Waals surface area contributed by atoms with Gasteiger partial charge in [-0.3, -0.25) is 9.55 Å². The lowest BCUT2D eigenvalue weighted by Gasteiger charge is -2.23. The minimum atomic E-state index is -4.74. The van der Waals surface area contributed by atoms with Crippen molar-refractivity contribution in [3.05, 3.63) is 69.9 Å². The van der Waals surface area contributed by atoms with Crippen LogP contribution >= 0.6 is 0 Å². The monoisotopic (exact) mass is 508 g/mol. The summed E-state index contributed by atoms with van der Waals surface area (Å²) in [7, 11) is 0. The normalized spacial score (nSPS) is 17.4. The zero-order chi connectivity index (χ0) is 25.4. The van der Waals surface area contributed by atoms with Gasteiger partial charge in [-0.1, -0.05) is 12.8 Å². The van der Waals surface area contributed by atoms with E-state index in [0.717, 1.165) is 56.6 Å². The van der Waals surface area contributed by atoms with Crippen LogP contribution < -0.4 is 20.1 Å². The summed E-state index contributed by atoms with van der Waals surface area (Å²) < 4.78 is 79.9. The molecule has 3 aromatic rings. The summed E-state index contributed by atoms with van der Waals surface area (Å²) >= 11 is 0. The van der Waals surface area contributed by atoms with Gasteiger partial charge in [-0.05, 0) is 36.6 Å². The zero-order valence-corrected chi connectivity index (χ0v) is 18.9. The molecule has 190 valence electrons. The predicted octanol–water partition coefficient (Wildman–Crippen LogP) is 5.07. The fourth-order valence-corrected chi connectivity index (χ4v) is 4.53. The largest absolute Gasteiger partial charge is 0.473 e. The average Bonchev–Trinajstić information content (AvgIpc) is 3.01. The second kappa shape index (κ2) is 9.40. The highest BCUT2D eigenvalue weighted by atomic mass is 19.4. The van der Waals surface area contributed by atoms with Gasteiger partial charge in [-0.2, -0.15) is 18.2 Å². The molecular weight excluding hydrogens is 487 g/mol. The van der Waals surface area contributed by atoms with E-state index in [4.69, 9.17) is 9.47 Å². The highest BCUT2D eigenvalue weighted by Crippen LogP contribution is 2.34. The molecule has 0 aliphatic carbocycles. The number of nitrogens with zero attached hydrogens (tertiary/aromatic N) is 4. The van der Waals surface area contributed by atoms with Crippen LogP contribution in [0, 0.1) is 11.6 Å². The third kappa shape index (κ3) is 4.84. The Morgan fingerprint density at radius 2 is 1.83 bits per heavy atom. The number of rotatable bonds is 5. The van der Waals surface area contributed by atoms with Gasteiger partial charge in [0.1, 0.15) is 23.9 Å². The first kappa shape index (κ1) is 24.0. The van der Waals surface area contributed by atoms with Crippen LogP contribution in [0.1, 0.15) is 36.9 Å². The summed E-state index contributed by atoms with van der Waals surface area (Å²) in [5, 5.41) is 0. The van der Waals surface area contributed by atoms with Crippen molar-refractivity contribution in [3.8, 4) is 17.4 Å². The molecule has 2 aliphatic rings. The fraction of sp³-hybridized carbons (Fsp3) is 0.375. The van der Waals surface area contributed by atoms with Gasteiger partial charge in [0.25, 0.3) is 0 Å². The highest BCUT2D eigenvalue weighted by molar-refractivity contribution is 5.47. The van der Waals surface area contributed by atoms with E-state index in [0.29, 0.717) is 18.4 Å². The smallest absolute Gasteiger partial charge is 0.433 e. The van der Waals surface area contributed by atoms with Gasteiger partial charge in [0.2, 0.25) is 5.88 Å². The molecule has 2 aliphatic heterocycles. The SMILES string of the molecule is O=c1nc(OCc2cc(F)c(Oc3ccnc(C(F)(F)F)c3)c(F)c2)cc2n1C[C@H]1CCCCCN21. The molecule has 0 bridgehead atoms. The summed E-state index contributed by atoms with van der Waals surface area (Å²) in [6.45, 7) is 1.11. The maximum Gasteiger partial charge on any atom is 0.433 e. The Bertz CT molecular complexity index is 1320. The van der Waals surface area contributed by atoms with E-state index in [1.54, 1.807) is 10.6 Å². The predicted molar refractivity (Wildman–Crippen MR) is 118 cm³/mol. The molecule has 1 atom stereocenters. The summed E-state index contributed by atoms with van der Waals surface area (Å²) in [4.78, 5) is 21.8. The van der Waals surface area contributed by atoms with E-state index in [-0.39, 0.29) is 24.1 Å². The molecule has 36 heavy (non-hydrogen) atoms. The molecule has 7 nitrogen and oxygen atoms in total. The Labute approximate surface area is 202 Å². The summed E-state index contributed by atoms with van der Waals surface area (Å²) in [6.07, 6.45) is 0.333. The third-order valence-electron chi connectivity index (χ3n) is 6.22. The van der Waals surface area contributed by atoms with Crippen molar-refractivity contribution < 1.29 is 31.4 Å². The van der Waals surface area contributed by atoms with Crippen LogP contribution in [0.5, 0.6) is 17.4 Å². The first-order valence-corrected chi connectivity index (χ1v) is 11.4.